The van der Waals surface area contributed by atoms with E-state index in [9.17, 15) is 9.59 Å². The van der Waals surface area contributed by atoms with Gasteiger partial charge in [0.05, 0.1) is 14.9 Å². The highest BCUT2D eigenvalue weighted by Crippen LogP contribution is 2.23. The lowest BCUT2D eigenvalue weighted by Gasteiger charge is -2.06. The molecule has 2 N–H and O–H groups in total. The summed E-state index contributed by atoms with van der Waals surface area (Å²) in [5, 5.41) is 5.51. The summed E-state index contributed by atoms with van der Waals surface area (Å²) in [6, 6.07) is 13.7. The molecule has 2 amide bonds. The van der Waals surface area contributed by atoms with Crippen LogP contribution in [0.15, 0.2) is 63.0 Å². The van der Waals surface area contributed by atoms with Crippen LogP contribution in [-0.2, 0) is 0 Å². The number of hydrogen-bond donors (Lipinski definition) is 2. The number of anilines is 2. The van der Waals surface area contributed by atoms with E-state index in [-0.39, 0.29) is 17.6 Å². The Morgan fingerprint density at radius 3 is 2.09 bits per heavy atom. The first-order valence-electron chi connectivity index (χ1n) is 6.63. The number of furan rings is 1. The van der Waals surface area contributed by atoms with E-state index in [1.54, 1.807) is 42.5 Å². The zero-order valence-electron chi connectivity index (χ0n) is 11.7. The Labute approximate surface area is 144 Å². The molecule has 3 rings (SSSR count). The fraction of sp³-hybridized carbons (Fsp3) is 0. The Kier molecular flexibility index (Phi) is 4.59. The quantitative estimate of drug-likeness (QED) is 0.683. The second-order valence-corrected chi connectivity index (χ2v) is 7.03. The molecule has 0 fully saturated rings. The highest BCUT2D eigenvalue weighted by Gasteiger charge is 2.10. The van der Waals surface area contributed by atoms with Crippen molar-refractivity contribution in [3.8, 4) is 0 Å². The number of halogens is 1. The molecule has 1 aromatic carbocycles. The fourth-order valence-electron chi connectivity index (χ4n) is 1.87. The standard InChI is InChI=1S/C16H11BrN2O3S/c17-14-8-7-13(23-14)16(21)19-11-5-3-10(4-6-11)18-15(20)12-2-1-9-22-12/h1-9H,(H,18,20)(H,19,21). The predicted molar refractivity (Wildman–Crippen MR) is 93.1 cm³/mol. The number of benzene rings is 1. The van der Waals surface area contributed by atoms with Crippen molar-refractivity contribution in [2.24, 2.45) is 0 Å². The molecule has 0 bridgehead atoms. The topological polar surface area (TPSA) is 71.3 Å². The molecular formula is C16H11BrN2O3S. The van der Waals surface area contributed by atoms with Crippen LogP contribution in [0, 0.1) is 0 Å². The van der Waals surface area contributed by atoms with E-state index in [4.69, 9.17) is 4.42 Å². The van der Waals surface area contributed by atoms with Crippen LogP contribution in [0.3, 0.4) is 0 Å². The summed E-state index contributed by atoms with van der Waals surface area (Å²) in [4.78, 5) is 24.5. The number of nitrogens with one attached hydrogen (secondary N) is 2. The Morgan fingerprint density at radius 1 is 0.913 bits per heavy atom. The van der Waals surface area contributed by atoms with E-state index in [1.807, 2.05) is 6.07 Å². The van der Waals surface area contributed by atoms with Gasteiger partial charge in [0.25, 0.3) is 11.8 Å². The largest absolute Gasteiger partial charge is 0.459 e. The fourth-order valence-corrected chi connectivity index (χ4v) is 3.15. The lowest BCUT2D eigenvalue weighted by atomic mass is 10.2. The zero-order chi connectivity index (χ0) is 16.2. The average Bonchev–Trinajstić information content (AvgIpc) is 3.20. The van der Waals surface area contributed by atoms with Gasteiger partial charge in [0.2, 0.25) is 0 Å². The van der Waals surface area contributed by atoms with E-state index in [2.05, 4.69) is 26.6 Å². The van der Waals surface area contributed by atoms with Gasteiger partial charge in [0.1, 0.15) is 0 Å². The van der Waals surface area contributed by atoms with Crippen molar-refractivity contribution >= 4 is 50.5 Å². The highest BCUT2D eigenvalue weighted by atomic mass is 79.9. The molecule has 23 heavy (non-hydrogen) atoms. The Morgan fingerprint density at radius 2 is 1.57 bits per heavy atom. The van der Waals surface area contributed by atoms with Gasteiger partial charge in [-0.1, -0.05) is 0 Å². The van der Waals surface area contributed by atoms with Gasteiger partial charge < -0.3 is 15.1 Å². The van der Waals surface area contributed by atoms with Crippen molar-refractivity contribution in [3.05, 3.63) is 69.2 Å². The van der Waals surface area contributed by atoms with Crippen LogP contribution in [0.1, 0.15) is 20.2 Å². The summed E-state index contributed by atoms with van der Waals surface area (Å²) < 4.78 is 5.92. The second kappa shape index (κ2) is 6.80. The lowest BCUT2D eigenvalue weighted by Crippen LogP contribution is -2.12. The normalized spacial score (nSPS) is 10.3. The minimum atomic E-state index is -0.324. The van der Waals surface area contributed by atoms with Gasteiger partial charge in [-0.3, -0.25) is 9.59 Å². The summed E-state index contributed by atoms with van der Waals surface area (Å²) in [6.07, 6.45) is 1.44. The van der Waals surface area contributed by atoms with Crippen molar-refractivity contribution in [2.45, 2.75) is 0 Å². The first-order valence-corrected chi connectivity index (χ1v) is 8.24. The molecule has 7 heteroatoms. The summed E-state index contributed by atoms with van der Waals surface area (Å²) in [7, 11) is 0. The van der Waals surface area contributed by atoms with Crippen molar-refractivity contribution in [3.63, 3.8) is 0 Å². The number of carbonyl (C=O) groups excluding carboxylic acids is 2. The molecular weight excluding hydrogens is 380 g/mol. The van der Waals surface area contributed by atoms with Gasteiger partial charge in [-0.15, -0.1) is 11.3 Å². The van der Waals surface area contributed by atoms with Crippen molar-refractivity contribution in [1.82, 2.24) is 0 Å². The number of rotatable bonds is 4. The molecule has 0 atom stereocenters. The molecule has 116 valence electrons. The van der Waals surface area contributed by atoms with Crippen LogP contribution < -0.4 is 10.6 Å². The van der Waals surface area contributed by atoms with Crippen LogP contribution in [0.5, 0.6) is 0 Å². The molecule has 0 aliphatic carbocycles. The van der Waals surface area contributed by atoms with Gasteiger partial charge in [-0.25, -0.2) is 0 Å². The summed E-state index contributed by atoms with van der Waals surface area (Å²) in [5.74, 6) is -0.256. The van der Waals surface area contributed by atoms with Gasteiger partial charge in [0.15, 0.2) is 5.76 Å². The molecule has 0 aliphatic heterocycles. The molecule has 0 radical (unpaired) electrons. The second-order valence-electron chi connectivity index (χ2n) is 4.57. The van der Waals surface area contributed by atoms with E-state index in [1.165, 1.54) is 17.6 Å². The van der Waals surface area contributed by atoms with E-state index in [0.717, 1.165) is 3.79 Å². The molecule has 0 unspecified atom stereocenters. The van der Waals surface area contributed by atoms with Crippen molar-refractivity contribution < 1.29 is 14.0 Å². The molecule has 2 heterocycles. The maximum atomic E-state index is 12.0. The number of hydrogen-bond acceptors (Lipinski definition) is 4. The Bertz CT molecular complexity index is 825. The third-order valence-electron chi connectivity index (χ3n) is 2.94. The molecule has 2 aromatic heterocycles. The summed E-state index contributed by atoms with van der Waals surface area (Å²) in [6.45, 7) is 0. The predicted octanol–water partition coefficient (Wildman–Crippen LogP) is 4.61. The van der Waals surface area contributed by atoms with Crippen molar-refractivity contribution in [1.29, 1.82) is 0 Å². The van der Waals surface area contributed by atoms with Crippen LogP contribution >= 0.6 is 27.3 Å². The SMILES string of the molecule is O=C(Nc1ccc(NC(=O)c2ccc(Br)s2)cc1)c1ccco1. The molecule has 3 aromatic rings. The first kappa shape index (κ1) is 15.5. The molecule has 0 saturated carbocycles. The minimum Gasteiger partial charge on any atom is -0.459 e. The Hall–Kier alpha value is -2.38. The van der Waals surface area contributed by atoms with Gasteiger partial charge in [0, 0.05) is 11.4 Å². The monoisotopic (exact) mass is 390 g/mol. The lowest BCUT2D eigenvalue weighted by molar-refractivity contribution is 0.0994. The Balaban J connectivity index is 1.63. The zero-order valence-corrected chi connectivity index (χ0v) is 14.1. The van der Waals surface area contributed by atoms with Crippen LogP contribution in [-0.4, -0.2) is 11.8 Å². The summed E-state index contributed by atoms with van der Waals surface area (Å²) >= 11 is 4.69. The third-order valence-corrected chi connectivity index (χ3v) is 4.57. The molecule has 0 aliphatic rings. The van der Waals surface area contributed by atoms with E-state index >= 15 is 0 Å². The average molecular weight is 391 g/mol. The maximum Gasteiger partial charge on any atom is 0.291 e. The number of carbonyl (C=O) groups is 2. The van der Waals surface area contributed by atoms with Crippen LogP contribution in [0.4, 0.5) is 11.4 Å². The van der Waals surface area contributed by atoms with Gasteiger partial charge >= 0.3 is 0 Å². The van der Waals surface area contributed by atoms with Gasteiger partial charge in [-0.2, -0.15) is 0 Å². The van der Waals surface area contributed by atoms with Crippen LogP contribution in [0.2, 0.25) is 0 Å². The molecule has 0 spiro atoms. The molecule has 0 saturated heterocycles. The summed E-state index contributed by atoms with van der Waals surface area (Å²) in [5.41, 5.74) is 1.26. The third kappa shape index (κ3) is 3.88. The smallest absolute Gasteiger partial charge is 0.291 e. The van der Waals surface area contributed by atoms with Crippen molar-refractivity contribution in [2.75, 3.05) is 10.6 Å². The van der Waals surface area contributed by atoms with E-state index in [0.29, 0.717) is 16.3 Å². The highest BCUT2D eigenvalue weighted by molar-refractivity contribution is 9.11. The number of thiophene rings is 1. The minimum absolute atomic E-state index is 0.173. The van der Waals surface area contributed by atoms with E-state index < -0.39 is 0 Å². The number of amides is 2. The van der Waals surface area contributed by atoms with Crippen LogP contribution in [0.25, 0.3) is 0 Å². The molecule has 5 nitrogen and oxygen atoms in total. The van der Waals surface area contributed by atoms with Gasteiger partial charge in [-0.05, 0) is 64.5 Å². The first-order chi connectivity index (χ1) is 11.1. The maximum absolute atomic E-state index is 12.0.